The van der Waals surface area contributed by atoms with Gasteiger partial charge >= 0.3 is 6.03 Å². The summed E-state index contributed by atoms with van der Waals surface area (Å²) in [7, 11) is 1.89. The Bertz CT molecular complexity index is 821. The average molecular weight is 326 g/mol. The van der Waals surface area contributed by atoms with Gasteiger partial charge in [-0.05, 0) is 37.1 Å². The first-order valence-corrected chi connectivity index (χ1v) is 8.25. The Hall–Kier alpha value is -2.47. The van der Waals surface area contributed by atoms with Crippen molar-refractivity contribution < 1.29 is 4.79 Å². The Kier molecular flexibility index (Phi) is 4.52. The second kappa shape index (κ2) is 6.75. The maximum atomic E-state index is 11.5. The molecule has 1 aromatic rings. The number of carbonyl (C=O) groups excluding carboxylic acids is 1. The van der Waals surface area contributed by atoms with Crippen LogP contribution in [0, 0.1) is 0 Å². The lowest BCUT2D eigenvalue weighted by Crippen LogP contribution is -2.30. The fourth-order valence-electron chi connectivity index (χ4n) is 2.47. The minimum Gasteiger partial charge on any atom is -0.386 e. The first kappa shape index (κ1) is 15.4. The van der Waals surface area contributed by atoms with Gasteiger partial charge in [-0.25, -0.2) is 9.78 Å². The zero-order valence-electron chi connectivity index (χ0n) is 13.0. The zero-order chi connectivity index (χ0) is 16.2. The molecule has 0 aromatic heterocycles. The van der Waals surface area contributed by atoms with Crippen molar-refractivity contribution in [2.45, 2.75) is 11.8 Å². The van der Waals surface area contributed by atoms with E-state index in [0.29, 0.717) is 6.54 Å². The van der Waals surface area contributed by atoms with Gasteiger partial charge in [0.15, 0.2) is 0 Å². The van der Waals surface area contributed by atoms with E-state index in [1.54, 1.807) is 0 Å². The van der Waals surface area contributed by atoms with Crippen molar-refractivity contribution in [3.05, 3.63) is 42.5 Å². The number of amides is 2. The molecule has 6 heteroatoms. The van der Waals surface area contributed by atoms with Crippen molar-refractivity contribution in [1.82, 2.24) is 15.0 Å². The molecular weight excluding hydrogens is 308 g/mol. The second-order valence-electron chi connectivity index (χ2n) is 5.00. The quantitative estimate of drug-likeness (QED) is 0.640. The fraction of sp³-hybridized carbons (Fsp3) is 0.176. The van der Waals surface area contributed by atoms with E-state index < -0.39 is 0 Å². The molecule has 1 aliphatic heterocycles. The van der Waals surface area contributed by atoms with E-state index in [1.807, 2.05) is 44.3 Å². The van der Waals surface area contributed by atoms with E-state index in [2.05, 4.69) is 27.5 Å². The fourth-order valence-corrected chi connectivity index (χ4v) is 3.07. The molecule has 0 saturated carbocycles. The van der Waals surface area contributed by atoms with Gasteiger partial charge in [-0.2, -0.15) is 0 Å². The minimum absolute atomic E-state index is 0.196. The average Bonchev–Trinajstić information content (AvgIpc) is 2.77. The number of rotatable bonds is 4. The van der Waals surface area contributed by atoms with E-state index >= 15 is 0 Å². The van der Waals surface area contributed by atoms with E-state index in [0.717, 1.165) is 32.7 Å². The zero-order valence-corrected chi connectivity index (χ0v) is 13.8. The molecule has 0 spiro atoms. The molecule has 1 aromatic carbocycles. The van der Waals surface area contributed by atoms with Crippen molar-refractivity contribution in [2.75, 3.05) is 18.9 Å². The Balaban J connectivity index is 1.96. The lowest BCUT2D eigenvalue weighted by molar-refractivity contribution is 0.247. The monoisotopic (exact) mass is 326 g/mol. The van der Waals surface area contributed by atoms with Gasteiger partial charge in [0.05, 0.1) is 16.9 Å². The molecule has 1 aliphatic carbocycles. The van der Waals surface area contributed by atoms with Crippen LogP contribution in [0.25, 0.3) is 22.2 Å². The number of hydrogen-bond acceptors (Lipinski definition) is 4. The van der Waals surface area contributed by atoms with Crippen LogP contribution in [-0.2, 0) is 0 Å². The van der Waals surface area contributed by atoms with Crippen LogP contribution >= 0.6 is 11.9 Å². The third-order valence-electron chi connectivity index (χ3n) is 3.51. The van der Waals surface area contributed by atoms with Crippen LogP contribution in [0.4, 0.5) is 10.5 Å². The molecule has 0 fully saturated rings. The van der Waals surface area contributed by atoms with E-state index in [1.165, 1.54) is 11.9 Å². The van der Waals surface area contributed by atoms with Crippen LogP contribution in [0.3, 0.4) is 0 Å². The Morgan fingerprint density at radius 2 is 2.04 bits per heavy atom. The molecule has 0 atom stereocenters. The van der Waals surface area contributed by atoms with E-state index in [4.69, 9.17) is 4.98 Å². The number of urea groups is 1. The highest BCUT2D eigenvalue weighted by Crippen LogP contribution is 2.35. The third kappa shape index (κ3) is 3.17. The van der Waals surface area contributed by atoms with Crippen LogP contribution < -0.4 is 15.4 Å². The molecule has 2 aliphatic rings. The number of nitrogens with zero attached hydrogens (tertiary/aromatic N) is 1. The van der Waals surface area contributed by atoms with Crippen LogP contribution in [0.1, 0.15) is 6.92 Å². The number of para-hydroxylation sites is 1. The van der Waals surface area contributed by atoms with Crippen molar-refractivity contribution in [3.63, 3.8) is 0 Å². The summed E-state index contributed by atoms with van der Waals surface area (Å²) in [6.07, 6.45) is 0. The van der Waals surface area contributed by atoms with Crippen LogP contribution in [0.15, 0.2) is 47.4 Å². The van der Waals surface area contributed by atoms with Crippen LogP contribution in [-0.4, -0.2) is 24.6 Å². The second-order valence-corrected chi connectivity index (χ2v) is 5.88. The molecule has 3 rings (SSSR count). The summed E-state index contributed by atoms with van der Waals surface area (Å²) in [6.45, 7) is 2.48. The Labute approximate surface area is 139 Å². The maximum absolute atomic E-state index is 11.5. The first-order valence-electron chi connectivity index (χ1n) is 7.44. The van der Waals surface area contributed by atoms with Crippen LogP contribution in [0.2, 0.25) is 0 Å². The highest BCUT2D eigenvalue weighted by molar-refractivity contribution is 7.98. The summed E-state index contributed by atoms with van der Waals surface area (Å²) in [5, 5.41) is 7.00. The number of aromatic nitrogens is 1. The summed E-state index contributed by atoms with van der Waals surface area (Å²) >= 11 is 1.28. The summed E-state index contributed by atoms with van der Waals surface area (Å²) in [6, 6.07) is 13.9. The lowest BCUT2D eigenvalue weighted by Gasteiger charge is -2.03. The number of fused-ring (bicyclic) bond motifs is 3. The number of carbonyl (C=O) groups is 1. The Morgan fingerprint density at radius 1 is 1.22 bits per heavy atom. The van der Waals surface area contributed by atoms with Gasteiger partial charge in [0.25, 0.3) is 0 Å². The van der Waals surface area contributed by atoms with Gasteiger partial charge in [0.1, 0.15) is 0 Å². The predicted octanol–water partition coefficient (Wildman–Crippen LogP) is 3.71. The molecule has 1 heterocycles. The molecule has 23 heavy (non-hydrogen) atoms. The van der Waals surface area contributed by atoms with Crippen LogP contribution in [0.5, 0.6) is 0 Å². The van der Waals surface area contributed by atoms with E-state index in [9.17, 15) is 4.79 Å². The largest absolute Gasteiger partial charge is 0.386 e. The van der Waals surface area contributed by atoms with Gasteiger partial charge in [-0.15, -0.1) is 0 Å². The van der Waals surface area contributed by atoms with Crippen molar-refractivity contribution >= 4 is 34.6 Å². The minimum atomic E-state index is -0.196. The molecule has 118 valence electrons. The molecule has 0 radical (unpaired) electrons. The standard InChI is InChI=1S/C17H18N4OS/c1-3-19-17(22)21-23-11-6-4-7-12-13-8-5-9-14(18-2)16(13)20-15(12)10-11/h4-10,18H,3H2,1-2H3,(H2,19,21,22). The van der Waals surface area contributed by atoms with Crippen molar-refractivity contribution in [3.8, 4) is 11.3 Å². The van der Waals surface area contributed by atoms with Gasteiger partial charge in [0.2, 0.25) is 0 Å². The summed E-state index contributed by atoms with van der Waals surface area (Å²) in [5.74, 6) is 0. The topological polar surface area (TPSA) is 66.1 Å². The number of hydrogen-bond donors (Lipinski definition) is 3. The number of benzene rings is 1. The number of nitrogens with one attached hydrogen (secondary N) is 3. The highest BCUT2D eigenvalue weighted by atomic mass is 32.2. The molecule has 0 unspecified atom stereocenters. The van der Waals surface area contributed by atoms with Gasteiger partial charge in [-0.1, -0.05) is 24.3 Å². The summed E-state index contributed by atoms with van der Waals surface area (Å²) in [4.78, 5) is 17.2. The SMILES string of the molecule is CCNC(=O)NSc1cccc2c3cccc(NC)c3nc-2c1. The normalized spacial score (nSPS) is 10.7. The summed E-state index contributed by atoms with van der Waals surface area (Å²) in [5.41, 5.74) is 3.98. The van der Waals surface area contributed by atoms with Crippen molar-refractivity contribution in [1.29, 1.82) is 0 Å². The molecule has 5 nitrogen and oxygen atoms in total. The van der Waals surface area contributed by atoms with E-state index in [-0.39, 0.29) is 6.03 Å². The molecule has 3 N–H and O–H groups in total. The first-order chi connectivity index (χ1) is 11.2. The van der Waals surface area contributed by atoms with Crippen molar-refractivity contribution in [2.24, 2.45) is 0 Å². The lowest BCUT2D eigenvalue weighted by atomic mass is 10.1. The number of anilines is 1. The van der Waals surface area contributed by atoms with Gasteiger partial charge in [-0.3, -0.25) is 4.72 Å². The molecular formula is C17H18N4OS. The summed E-state index contributed by atoms with van der Waals surface area (Å²) < 4.78 is 2.76. The third-order valence-corrected chi connectivity index (χ3v) is 4.28. The predicted molar refractivity (Wildman–Crippen MR) is 96.0 cm³/mol. The maximum Gasteiger partial charge on any atom is 0.325 e. The Morgan fingerprint density at radius 3 is 2.83 bits per heavy atom. The van der Waals surface area contributed by atoms with Gasteiger partial charge in [0, 0.05) is 29.4 Å². The smallest absolute Gasteiger partial charge is 0.325 e. The molecule has 2 amide bonds. The van der Waals surface area contributed by atoms with Gasteiger partial charge < -0.3 is 10.6 Å². The molecule has 0 saturated heterocycles. The molecule has 0 bridgehead atoms. The highest BCUT2D eigenvalue weighted by Gasteiger charge is 2.13.